The summed E-state index contributed by atoms with van der Waals surface area (Å²) in [6.45, 7) is 8.64. The van der Waals surface area contributed by atoms with E-state index in [1.807, 2.05) is 20.8 Å². The number of amides is 2. The predicted molar refractivity (Wildman–Crippen MR) is 129 cm³/mol. The fraction of sp³-hybridized carbons (Fsp3) is 0.455. The van der Waals surface area contributed by atoms with Gasteiger partial charge < -0.3 is 14.5 Å². The Bertz CT molecular complexity index is 1130. The maximum Gasteiger partial charge on any atom is 0.410 e. The van der Waals surface area contributed by atoms with Gasteiger partial charge in [-0.05, 0) is 56.3 Å². The molecule has 2 amide bonds. The minimum Gasteiger partial charge on any atom is -0.444 e. The molecule has 1 aliphatic rings. The van der Waals surface area contributed by atoms with E-state index in [9.17, 15) is 18.0 Å². The third kappa shape index (κ3) is 6.39. The molecular formula is C22H28ClN3O5S2. The van der Waals surface area contributed by atoms with Gasteiger partial charge in [0, 0.05) is 36.6 Å². The first kappa shape index (κ1) is 25.3. The topological polar surface area (TPSA) is 96.0 Å². The Morgan fingerprint density at radius 3 is 2.39 bits per heavy atom. The molecule has 0 saturated carbocycles. The van der Waals surface area contributed by atoms with Crippen LogP contribution < -0.4 is 4.72 Å². The highest BCUT2D eigenvalue weighted by Gasteiger charge is 2.28. The van der Waals surface area contributed by atoms with E-state index in [0.717, 1.165) is 0 Å². The fourth-order valence-corrected chi connectivity index (χ4v) is 5.82. The van der Waals surface area contributed by atoms with Gasteiger partial charge in [0.15, 0.2) is 0 Å². The van der Waals surface area contributed by atoms with Gasteiger partial charge in [0.25, 0.3) is 10.0 Å². The third-order valence-electron chi connectivity index (χ3n) is 5.12. The van der Waals surface area contributed by atoms with Crippen LogP contribution in [0.15, 0.2) is 33.9 Å². The van der Waals surface area contributed by atoms with Crippen molar-refractivity contribution in [3.05, 3.63) is 45.1 Å². The van der Waals surface area contributed by atoms with Gasteiger partial charge in [-0.1, -0.05) is 17.7 Å². The van der Waals surface area contributed by atoms with Crippen molar-refractivity contribution < 1.29 is 22.7 Å². The molecule has 1 aromatic heterocycles. The maximum atomic E-state index is 12.9. The Kier molecular flexibility index (Phi) is 7.60. The predicted octanol–water partition coefficient (Wildman–Crippen LogP) is 4.13. The van der Waals surface area contributed by atoms with Gasteiger partial charge in [-0.25, -0.2) is 13.2 Å². The summed E-state index contributed by atoms with van der Waals surface area (Å²) in [5, 5.41) is 3.79. The highest BCUT2D eigenvalue weighted by atomic mass is 35.5. The highest BCUT2D eigenvalue weighted by molar-refractivity contribution is 7.92. The Morgan fingerprint density at radius 1 is 1.12 bits per heavy atom. The minimum absolute atomic E-state index is 0.0579. The number of rotatable bonds is 5. The number of hydrogen-bond acceptors (Lipinski definition) is 6. The van der Waals surface area contributed by atoms with E-state index in [1.54, 1.807) is 39.6 Å². The summed E-state index contributed by atoms with van der Waals surface area (Å²) in [4.78, 5) is 28.4. The number of hydrogen-bond donors (Lipinski definition) is 1. The normalized spacial score (nSPS) is 14.8. The second-order valence-electron chi connectivity index (χ2n) is 8.80. The zero-order chi connectivity index (χ0) is 24.4. The number of sulfonamides is 1. The molecule has 2 aromatic rings. The van der Waals surface area contributed by atoms with Crippen LogP contribution >= 0.6 is 22.9 Å². The van der Waals surface area contributed by atoms with E-state index in [0.29, 0.717) is 48.0 Å². The first-order valence-electron chi connectivity index (χ1n) is 10.5. The number of anilines is 1. The monoisotopic (exact) mass is 513 g/mol. The van der Waals surface area contributed by atoms with Crippen molar-refractivity contribution in [3.63, 3.8) is 0 Å². The molecular weight excluding hydrogens is 486 g/mol. The quantitative estimate of drug-likeness (QED) is 0.648. The van der Waals surface area contributed by atoms with E-state index in [2.05, 4.69) is 4.72 Å². The largest absolute Gasteiger partial charge is 0.444 e. The van der Waals surface area contributed by atoms with E-state index in [-0.39, 0.29) is 23.3 Å². The molecule has 0 atom stereocenters. The summed E-state index contributed by atoms with van der Waals surface area (Å²) >= 11 is 7.39. The van der Waals surface area contributed by atoms with Crippen molar-refractivity contribution in [1.29, 1.82) is 0 Å². The lowest BCUT2D eigenvalue weighted by molar-refractivity contribution is -0.132. The SMILES string of the molecule is Cc1c(Cl)cccc1S(=O)(=O)Nc1cscc1CC(=O)N1CCN(C(=O)OC(C)(C)C)CC1. The Labute approximate surface area is 203 Å². The summed E-state index contributed by atoms with van der Waals surface area (Å²) in [5.74, 6) is -0.128. The molecule has 0 bridgehead atoms. The van der Waals surface area contributed by atoms with E-state index >= 15 is 0 Å². The van der Waals surface area contributed by atoms with Crippen LogP contribution in [-0.4, -0.2) is 62.0 Å². The number of ether oxygens (including phenoxy) is 1. The van der Waals surface area contributed by atoms with Crippen LogP contribution in [0.4, 0.5) is 10.5 Å². The third-order valence-corrected chi connectivity index (χ3v) is 7.83. The maximum absolute atomic E-state index is 12.9. The zero-order valence-electron chi connectivity index (χ0n) is 19.1. The molecule has 11 heteroatoms. The molecule has 0 spiro atoms. The van der Waals surface area contributed by atoms with Crippen LogP contribution in [0.3, 0.4) is 0 Å². The average molecular weight is 514 g/mol. The lowest BCUT2D eigenvalue weighted by Gasteiger charge is -2.35. The van der Waals surface area contributed by atoms with Crippen molar-refractivity contribution in [1.82, 2.24) is 9.80 Å². The van der Waals surface area contributed by atoms with E-state index < -0.39 is 15.6 Å². The molecule has 180 valence electrons. The van der Waals surface area contributed by atoms with Gasteiger partial charge in [-0.2, -0.15) is 0 Å². The van der Waals surface area contributed by atoms with E-state index in [1.165, 1.54) is 17.4 Å². The molecule has 1 saturated heterocycles. The van der Waals surface area contributed by atoms with Crippen LogP contribution in [0.25, 0.3) is 0 Å². The molecule has 2 heterocycles. The summed E-state index contributed by atoms with van der Waals surface area (Å²) in [6, 6.07) is 4.71. The molecule has 0 unspecified atom stereocenters. The molecule has 1 fully saturated rings. The summed E-state index contributed by atoms with van der Waals surface area (Å²) < 4.78 is 33.8. The van der Waals surface area contributed by atoms with Crippen LogP contribution in [0, 0.1) is 6.92 Å². The number of thiophene rings is 1. The van der Waals surface area contributed by atoms with Crippen molar-refractivity contribution in [3.8, 4) is 0 Å². The smallest absolute Gasteiger partial charge is 0.410 e. The van der Waals surface area contributed by atoms with Gasteiger partial charge in [-0.3, -0.25) is 9.52 Å². The molecule has 1 aliphatic heterocycles. The number of carbonyl (C=O) groups is 2. The van der Waals surface area contributed by atoms with Crippen molar-refractivity contribution in [2.45, 2.75) is 44.6 Å². The van der Waals surface area contributed by atoms with Crippen LogP contribution in [-0.2, 0) is 26.0 Å². The standard InChI is InChI=1S/C22H28ClN3O5S2/c1-15-17(23)6-5-7-19(15)33(29,30)24-18-14-32-13-16(18)12-20(27)25-8-10-26(11-9-25)21(28)31-22(2,3)4/h5-7,13-14,24H,8-12H2,1-4H3. The van der Waals surface area contributed by atoms with E-state index in [4.69, 9.17) is 16.3 Å². The number of halogens is 1. The van der Waals surface area contributed by atoms with Crippen molar-refractivity contribution in [2.75, 3.05) is 30.9 Å². The molecule has 3 rings (SSSR count). The number of nitrogens with one attached hydrogen (secondary N) is 1. The molecule has 1 aromatic carbocycles. The second kappa shape index (κ2) is 9.90. The fourth-order valence-electron chi connectivity index (χ4n) is 3.37. The molecule has 33 heavy (non-hydrogen) atoms. The minimum atomic E-state index is -3.86. The number of piperazine rings is 1. The van der Waals surface area contributed by atoms with Gasteiger partial charge in [0.1, 0.15) is 5.60 Å². The van der Waals surface area contributed by atoms with Gasteiger partial charge in [0.05, 0.1) is 17.0 Å². The number of nitrogens with zero attached hydrogens (tertiary/aromatic N) is 2. The Morgan fingerprint density at radius 2 is 1.76 bits per heavy atom. The van der Waals surface area contributed by atoms with Crippen LogP contribution in [0.1, 0.15) is 31.9 Å². The number of benzene rings is 1. The molecule has 1 N–H and O–H groups in total. The Hall–Kier alpha value is -2.30. The molecule has 0 aliphatic carbocycles. The second-order valence-corrected chi connectivity index (χ2v) is 11.6. The van der Waals surface area contributed by atoms with Gasteiger partial charge in [-0.15, -0.1) is 11.3 Å². The zero-order valence-corrected chi connectivity index (χ0v) is 21.4. The summed E-state index contributed by atoms with van der Waals surface area (Å²) in [6.07, 6.45) is -0.331. The lowest BCUT2D eigenvalue weighted by atomic mass is 10.2. The average Bonchev–Trinajstić information content (AvgIpc) is 3.14. The lowest BCUT2D eigenvalue weighted by Crippen LogP contribution is -2.52. The van der Waals surface area contributed by atoms with Crippen molar-refractivity contribution in [2.24, 2.45) is 0 Å². The number of carbonyl (C=O) groups excluding carboxylic acids is 2. The van der Waals surface area contributed by atoms with Crippen molar-refractivity contribution >= 4 is 50.6 Å². The molecule has 0 radical (unpaired) electrons. The van der Waals surface area contributed by atoms with Crippen LogP contribution in [0.2, 0.25) is 5.02 Å². The van der Waals surface area contributed by atoms with Crippen LogP contribution in [0.5, 0.6) is 0 Å². The first-order valence-corrected chi connectivity index (χ1v) is 13.3. The molecule has 8 nitrogen and oxygen atoms in total. The van der Waals surface area contributed by atoms with Gasteiger partial charge >= 0.3 is 6.09 Å². The Balaban J connectivity index is 1.62. The van der Waals surface area contributed by atoms with Gasteiger partial charge in [0.2, 0.25) is 5.91 Å². The first-order chi connectivity index (χ1) is 15.4. The highest BCUT2D eigenvalue weighted by Crippen LogP contribution is 2.28. The summed E-state index contributed by atoms with van der Waals surface area (Å²) in [7, 11) is -3.86. The summed E-state index contributed by atoms with van der Waals surface area (Å²) in [5.41, 5.74) is 0.862.